The first-order chi connectivity index (χ1) is 9.81. The summed E-state index contributed by atoms with van der Waals surface area (Å²) in [6.45, 7) is 4.92. The molecule has 0 atom stereocenters. The minimum atomic E-state index is -0.695. The number of aliphatic hydroxyl groups is 1. The quantitative estimate of drug-likeness (QED) is 0.783. The van der Waals surface area contributed by atoms with Gasteiger partial charge in [0.1, 0.15) is 0 Å². The first-order valence-electron chi connectivity index (χ1n) is 7.31. The van der Waals surface area contributed by atoms with Gasteiger partial charge in [-0.2, -0.15) is 0 Å². The molecule has 0 radical (unpaired) electrons. The molecule has 1 aliphatic carbocycles. The second kappa shape index (κ2) is 6.24. The summed E-state index contributed by atoms with van der Waals surface area (Å²) in [5, 5.41) is 16.2. The van der Waals surface area contributed by atoms with Crippen molar-refractivity contribution in [3.63, 3.8) is 0 Å². The smallest absolute Gasteiger partial charge is 0.314 e. The number of benzene rings is 1. The van der Waals surface area contributed by atoms with Gasteiger partial charge < -0.3 is 15.7 Å². The number of hydrogen-bond acceptors (Lipinski definition) is 2. The summed E-state index contributed by atoms with van der Waals surface area (Å²) >= 11 is 6.01. The Morgan fingerprint density at radius 3 is 2.67 bits per heavy atom. The van der Waals surface area contributed by atoms with Gasteiger partial charge in [-0.15, -0.1) is 0 Å². The summed E-state index contributed by atoms with van der Waals surface area (Å²) < 4.78 is 0. The largest absolute Gasteiger partial charge is 0.388 e. The molecule has 0 aliphatic heterocycles. The van der Waals surface area contributed by atoms with Crippen molar-refractivity contribution in [1.29, 1.82) is 0 Å². The predicted molar refractivity (Wildman–Crippen MR) is 84.7 cm³/mol. The summed E-state index contributed by atoms with van der Waals surface area (Å²) in [5.74, 6) is 0. The zero-order chi connectivity index (χ0) is 15.5. The van der Waals surface area contributed by atoms with Gasteiger partial charge in [-0.05, 0) is 37.0 Å². The lowest BCUT2D eigenvalue weighted by Gasteiger charge is -2.36. The van der Waals surface area contributed by atoms with E-state index in [0.29, 0.717) is 18.1 Å². The Bertz CT molecular complexity index is 513. The molecule has 2 rings (SSSR count). The van der Waals surface area contributed by atoms with E-state index in [1.165, 1.54) is 0 Å². The van der Waals surface area contributed by atoms with Gasteiger partial charge >= 0.3 is 6.03 Å². The van der Waals surface area contributed by atoms with E-state index in [2.05, 4.69) is 24.5 Å². The van der Waals surface area contributed by atoms with Crippen LogP contribution in [0.25, 0.3) is 0 Å². The van der Waals surface area contributed by atoms with Gasteiger partial charge in [0, 0.05) is 23.5 Å². The van der Waals surface area contributed by atoms with E-state index in [1.807, 2.05) is 24.3 Å². The zero-order valence-electron chi connectivity index (χ0n) is 12.6. The van der Waals surface area contributed by atoms with E-state index in [-0.39, 0.29) is 11.4 Å². The fraction of sp³-hybridized carbons (Fsp3) is 0.562. The Balaban J connectivity index is 1.82. The van der Waals surface area contributed by atoms with Crippen LogP contribution in [0.3, 0.4) is 0 Å². The molecular weight excluding hydrogens is 288 g/mol. The molecule has 1 aromatic carbocycles. The standard InChI is InChI=1S/C16H23ClN2O2/c1-15(2,12-5-3-6-13(17)9-12)10-18-14(20)19-11-16(21)7-4-8-16/h3,5-6,9,21H,4,7-8,10-11H2,1-2H3,(H2,18,19,20). The van der Waals surface area contributed by atoms with Crippen LogP contribution in [0.5, 0.6) is 0 Å². The highest BCUT2D eigenvalue weighted by Gasteiger charge is 2.34. The number of carbonyl (C=O) groups excluding carboxylic acids is 1. The van der Waals surface area contributed by atoms with Gasteiger partial charge in [0.25, 0.3) is 0 Å². The van der Waals surface area contributed by atoms with E-state index < -0.39 is 5.60 Å². The Morgan fingerprint density at radius 2 is 2.10 bits per heavy atom. The molecule has 2 amide bonds. The highest BCUT2D eigenvalue weighted by Crippen LogP contribution is 2.30. The van der Waals surface area contributed by atoms with E-state index >= 15 is 0 Å². The SMILES string of the molecule is CC(C)(CNC(=O)NCC1(O)CCC1)c1cccc(Cl)c1. The van der Waals surface area contributed by atoms with Gasteiger partial charge in [-0.1, -0.05) is 37.6 Å². The Labute approximate surface area is 130 Å². The highest BCUT2D eigenvalue weighted by molar-refractivity contribution is 6.30. The van der Waals surface area contributed by atoms with E-state index in [4.69, 9.17) is 11.6 Å². The van der Waals surface area contributed by atoms with Crippen LogP contribution in [0.15, 0.2) is 24.3 Å². The molecule has 0 unspecified atom stereocenters. The molecule has 21 heavy (non-hydrogen) atoms. The second-order valence-electron chi connectivity index (χ2n) is 6.51. The third-order valence-corrected chi connectivity index (χ3v) is 4.39. The lowest BCUT2D eigenvalue weighted by molar-refractivity contribution is -0.0290. The first-order valence-corrected chi connectivity index (χ1v) is 7.69. The van der Waals surface area contributed by atoms with E-state index in [0.717, 1.165) is 24.8 Å². The minimum absolute atomic E-state index is 0.213. The van der Waals surface area contributed by atoms with Crippen molar-refractivity contribution in [2.45, 2.75) is 44.1 Å². The molecule has 0 saturated heterocycles. The highest BCUT2D eigenvalue weighted by atomic mass is 35.5. The predicted octanol–water partition coefficient (Wildman–Crippen LogP) is 2.83. The molecule has 4 nitrogen and oxygen atoms in total. The van der Waals surface area contributed by atoms with Crippen LogP contribution in [0, 0.1) is 0 Å². The fourth-order valence-corrected chi connectivity index (χ4v) is 2.57. The molecule has 3 N–H and O–H groups in total. The molecule has 116 valence electrons. The van der Waals surface area contributed by atoms with Gasteiger partial charge in [0.05, 0.1) is 5.60 Å². The van der Waals surface area contributed by atoms with Crippen molar-refractivity contribution in [2.24, 2.45) is 0 Å². The molecule has 1 aromatic rings. The van der Waals surface area contributed by atoms with Crippen LogP contribution < -0.4 is 10.6 Å². The zero-order valence-corrected chi connectivity index (χ0v) is 13.3. The number of rotatable bonds is 5. The van der Waals surface area contributed by atoms with Crippen molar-refractivity contribution >= 4 is 17.6 Å². The first kappa shape index (κ1) is 16.1. The molecule has 1 aliphatic rings. The Kier molecular flexibility index (Phi) is 4.79. The third-order valence-electron chi connectivity index (χ3n) is 4.16. The van der Waals surface area contributed by atoms with Crippen molar-refractivity contribution in [3.8, 4) is 0 Å². The summed E-state index contributed by atoms with van der Waals surface area (Å²) in [6.07, 6.45) is 2.56. The lowest BCUT2D eigenvalue weighted by Crippen LogP contribution is -2.51. The van der Waals surface area contributed by atoms with Crippen molar-refractivity contribution in [1.82, 2.24) is 10.6 Å². The van der Waals surface area contributed by atoms with Crippen molar-refractivity contribution in [2.75, 3.05) is 13.1 Å². The lowest BCUT2D eigenvalue weighted by atomic mass is 9.80. The normalized spacial score (nSPS) is 17.0. The minimum Gasteiger partial charge on any atom is -0.388 e. The third kappa shape index (κ3) is 4.35. The Morgan fingerprint density at radius 1 is 1.38 bits per heavy atom. The molecule has 1 fully saturated rings. The molecule has 0 aromatic heterocycles. The number of nitrogens with one attached hydrogen (secondary N) is 2. The van der Waals surface area contributed by atoms with Crippen molar-refractivity contribution in [3.05, 3.63) is 34.9 Å². The number of hydrogen-bond donors (Lipinski definition) is 3. The second-order valence-corrected chi connectivity index (χ2v) is 6.94. The maximum absolute atomic E-state index is 11.8. The molecule has 0 heterocycles. The number of halogens is 1. The van der Waals surface area contributed by atoms with Gasteiger partial charge in [0.2, 0.25) is 0 Å². The fourth-order valence-electron chi connectivity index (χ4n) is 2.38. The average Bonchev–Trinajstić information content (AvgIpc) is 2.41. The van der Waals surface area contributed by atoms with Crippen LogP contribution >= 0.6 is 11.6 Å². The van der Waals surface area contributed by atoms with E-state index in [1.54, 1.807) is 0 Å². The summed E-state index contributed by atoms with van der Waals surface area (Å²) in [4.78, 5) is 11.8. The summed E-state index contributed by atoms with van der Waals surface area (Å²) in [7, 11) is 0. The van der Waals surface area contributed by atoms with Crippen LogP contribution in [-0.2, 0) is 5.41 Å². The number of urea groups is 1. The molecule has 0 bridgehead atoms. The summed E-state index contributed by atoms with van der Waals surface area (Å²) in [5.41, 5.74) is 0.169. The molecule has 5 heteroatoms. The summed E-state index contributed by atoms with van der Waals surface area (Å²) in [6, 6.07) is 7.41. The van der Waals surface area contributed by atoms with E-state index in [9.17, 15) is 9.90 Å². The molecule has 1 saturated carbocycles. The van der Waals surface area contributed by atoms with Crippen LogP contribution in [-0.4, -0.2) is 29.8 Å². The van der Waals surface area contributed by atoms with Gasteiger partial charge in [-0.25, -0.2) is 4.79 Å². The number of carbonyl (C=O) groups is 1. The van der Waals surface area contributed by atoms with Gasteiger partial charge in [-0.3, -0.25) is 0 Å². The maximum atomic E-state index is 11.8. The van der Waals surface area contributed by atoms with Crippen LogP contribution in [0.2, 0.25) is 5.02 Å². The Hall–Kier alpha value is -1.26. The van der Waals surface area contributed by atoms with Crippen molar-refractivity contribution < 1.29 is 9.90 Å². The maximum Gasteiger partial charge on any atom is 0.314 e. The molecular formula is C16H23ClN2O2. The average molecular weight is 311 g/mol. The molecule has 0 spiro atoms. The van der Waals surface area contributed by atoms with Crippen LogP contribution in [0.1, 0.15) is 38.7 Å². The van der Waals surface area contributed by atoms with Gasteiger partial charge in [0.15, 0.2) is 0 Å². The topological polar surface area (TPSA) is 61.4 Å². The number of amides is 2. The monoisotopic (exact) mass is 310 g/mol. The van der Waals surface area contributed by atoms with Crippen LogP contribution in [0.4, 0.5) is 4.79 Å².